The molecule has 1 aromatic heterocycles. The lowest BCUT2D eigenvalue weighted by atomic mass is 10.1. The van der Waals surface area contributed by atoms with Crippen LogP contribution in [0.15, 0.2) is 30.5 Å². The van der Waals surface area contributed by atoms with Crippen LogP contribution in [0.5, 0.6) is 0 Å². The molecule has 1 N–H and O–H groups in total. The highest BCUT2D eigenvalue weighted by molar-refractivity contribution is 6.07. The van der Waals surface area contributed by atoms with E-state index in [4.69, 9.17) is 9.84 Å². The highest BCUT2D eigenvalue weighted by Gasteiger charge is 2.32. The van der Waals surface area contributed by atoms with Crippen molar-refractivity contribution in [2.75, 3.05) is 26.8 Å². The summed E-state index contributed by atoms with van der Waals surface area (Å²) in [5.41, 5.74) is 1.62. The van der Waals surface area contributed by atoms with Crippen molar-refractivity contribution >= 4 is 22.8 Å². The SMILES string of the molecule is COCCn1cc(C(=O)N2CCC(C(=O)O)C2)c2ccccc21. The highest BCUT2D eigenvalue weighted by atomic mass is 16.5. The van der Waals surface area contributed by atoms with E-state index in [1.54, 1.807) is 12.0 Å². The number of hydrogen-bond donors (Lipinski definition) is 1. The van der Waals surface area contributed by atoms with Gasteiger partial charge in [-0.2, -0.15) is 0 Å². The summed E-state index contributed by atoms with van der Waals surface area (Å²) in [5.74, 6) is -1.38. The molecule has 2 aromatic rings. The molecular formula is C17H20N2O4. The molecule has 1 aliphatic rings. The average Bonchev–Trinajstić information content (AvgIpc) is 3.18. The van der Waals surface area contributed by atoms with Crippen molar-refractivity contribution in [2.45, 2.75) is 13.0 Å². The monoisotopic (exact) mass is 316 g/mol. The molecule has 1 amide bonds. The summed E-state index contributed by atoms with van der Waals surface area (Å²) in [7, 11) is 1.65. The first-order valence-corrected chi connectivity index (χ1v) is 7.70. The minimum absolute atomic E-state index is 0.0962. The maximum Gasteiger partial charge on any atom is 0.308 e. The lowest BCUT2D eigenvalue weighted by Gasteiger charge is -2.15. The fraction of sp³-hybridized carbons (Fsp3) is 0.412. The van der Waals surface area contributed by atoms with Crippen molar-refractivity contribution in [1.29, 1.82) is 0 Å². The zero-order valence-electron chi connectivity index (χ0n) is 13.1. The number of carbonyl (C=O) groups is 2. The van der Waals surface area contributed by atoms with Gasteiger partial charge in [-0.25, -0.2) is 0 Å². The van der Waals surface area contributed by atoms with Crippen molar-refractivity contribution < 1.29 is 19.4 Å². The minimum atomic E-state index is -0.831. The van der Waals surface area contributed by atoms with Gasteiger partial charge in [-0.05, 0) is 12.5 Å². The molecular weight excluding hydrogens is 296 g/mol. The number of benzene rings is 1. The van der Waals surface area contributed by atoms with Crippen LogP contribution >= 0.6 is 0 Å². The third kappa shape index (κ3) is 2.94. The summed E-state index contributed by atoms with van der Waals surface area (Å²) in [4.78, 5) is 25.5. The molecule has 2 heterocycles. The number of aromatic nitrogens is 1. The number of methoxy groups -OCH3 is 1. The van der Waals surface area contributed by atoms with Gasteiger partial charge in [-0.3, -0.25) is 9.59 Å². The van der Waals surface area contributed by atoms with Gasteiger partial charge in [-0.15, -0.1) is 0 Å². The number of carboxylic acid groups (broad SMARTS) is 1. The number of ether oxygens (including phenoxy) is 1. The normalized spacial score (nSPS) is 17.8. The van der Waals surface area contributed by atoms with E-state index in [0.29, 0.717) is 31.7 Å². The van der Waals surface area contributed by atoms with Crippen LogP contribution in [0.3, 0.4) is 0 Å². The van der Waals surface area contributed by atoms with Gasteiger partial charge >= 0.3 is 5.97 Å². The quantitative estimate of drug-likeness (QED) is 0.913. The first-order chi connectivity index (χ1) is 11.1. The Morgan fingerprint density at radius 2 is 2.13 bits per heavy atom. The lowest BCUT2D eigenvalue weighted by molar-refractivity contribution is -0.141. The van der Waals surface area contributed by atoms with Crippen molar-refractivity contribution in [3.8, 4) is 0 Å². The van der Waals surface area contributed by atoms with Crippen LogP contribution in [0.2, 0.25) is 0 Å². The molecule has 23 heavy (non-hydrogen) atoms. The van der Waals surface area contributed by atoms with Gasteiger partial charge < -0.3 is 19.3 Å². The Kier molecular flexibility index (Phi) is 4.34. The molecule has 0 spiro atoms. The second-order valence-corrected chi connectivity index (χ2v) is 5.82. The number of hydrogen-bond acceptors (Lipinski definition) is 3. The molecule has 6 nitrogen and oxygen atoms in total. The zero-order chi connectivity index (χ0) is 16.4. The molecule has 1 aromatic carbocycles. The number of rotatable bonds is 5. The summed E-state index contributed by atoms with van der Waals surface area (Å²) in [5, 5.41) is 10.00. The molecule has 1 fully saturated rings. The number of para-hydroxylation sites is 1. The maximum atomic E-state index is 12.8. The molecule has 6 heteroatoms. The van der Waals surface area contributed by atoms with Crippen LogP contribution in [0, 0.1) is 5.92 Å². The Labute approximate surface area is 134 Å². The van der Waals surface area contributed by atoms with E-state index in [0.717, 1.165) is 10.9 Å². The summed E-state index contributed by atoms with van der Waals surface area (Å²) in [6.45, 7) is 2.01. The molecule has 0 aliphatic carbocycles. The third-order valence-corrected chi connectivity index (χ3v) is 4.38. The number of likely N-dealkylation sites (tertiary alicyclic amines) is 1. The molecule has 1 unspecified atom stereocenters. The fourth-order valence-electron chi connectivity index (χ4n) is 3.11. The fourth-order valence-corrected chi connectivity index (χ4v) is 3.11. The standard InChI is InChI=1S/C17H20N2O4/c1-23-9-8-18-11-14(13-4-2-3-5-15(13)18)16(20)19-7-6-12(10-19)17(21)22/h2-5,11-12H,6-10H2,1H3,(H,21,22). The van der Waals surface area contributed by atoms with Gasteiger partial charge in [0.15, 0.2) is 0 Å². The molecule has 1 aliphatic heterocycles. The molecule has 3 rings (SSSR count). The summed E-state index contributed by atoms with van der Waals surface area (Å²) < 4.78 is 7.13. The third-order valence-electron chi connectivity index (χ3n) is 4.38. The van der Waals surface area contributed by atoms with Crippen LogP contribution in [0.4, 0.5) is 0 Å². The van der Waals surface area contributed by atoms with E-state index in [1.807, 2.05) is 35.0 Å². The maximum absolute atomic E-state index is 12.8. The second-order valence-electron chi connectivity index (χ2n) is 5.82. The minimum Gasteiger partial charge on any atom is -0.481 e. The van der Waals surface area contributed by atoms with Crippen LogP contribution in [0.1, 0.15) is 16.8 Å². The number of carbonyl (C=O) groups excluding carboxylic acids is 1. The predicted octanol–water partition coefficient (Wildman–Crippen LogP) is 1.83. The van der Waals surface area contributed by atoms with E-state index in [9.17, 15) is 9.59 Å². The van der Waals surface area contributed by atoms with Gasteiger partial charge in [0.05, 0.1) is 18.1 Å². The Morgan fingerprint density at radius 3 is 2.83 bits per heavy atom. The van der Waals surface area contributed by atoms with Crippen molar-refractivity contribution in [3.63, 3.8) is 0 Å². The van der Waals surface area contributed by atoms with E-state index < -0.39 is 11.9 Å². The number of carboxylic acids is 1. The van der Waals surface area contributed by atoms with Crippen LogP contribution in [-0.2, 0) is 16.1 Å². The smallest absolute Gasteiger partial charge is 0.308 e. The molecule has 1 atom stereocenters. The summed E-state index contributed by atoms with van der Waals surface area (Å²) >= 11 is 0. The first kappa shape index (κ1) is 15.6. The largest absolute Gasteiger partial charge is 0.481 e. The van der Waals surface area contributed by atoms with Crippen LogP contribution in [0.25, 0.3) is 10.9 Å². The lowest BCUT2D eigenvalue weighted by Crippen LogP contribution is -2.29. The van der Waals surface area contributed by atoms with Crippen LogP contribution < -0.4 is 0 Å². The van der Waals surface area contributed by atoms with Crippen molar-refractivity contribution in [1.82, 2.24) is 9.47 Å². The topological polar surface area (TPSA) is 71.8 Å². The number of aliphatic carboxylic acids is 1. The predicted molar refractivity (Wildman–Crippen MR) is 85.5 cm³/mol. The van der Waals surface area contributed by atoms with E-state index in [2.05, 4.69) is 0 Å². The van der Waals surface area contributed by atoms with Crippen molar-refractivity contribution in [3.05, 3.63) is 36.0 Å². The second kappa shape index (κ2) is 6.42. The first-order valence-electron chi connectivity index (χ1n) is 7.70. The van der Waals surface area contributed by atoms with Crippen molar-refractivity contribution in [2.24, 2.45) is 5.92 Å². The Balaban J connectivity index is 1.90. The average molecular weight is 316 g/mol. The van der Waals surface area contributed by atoms with E-state index in [1.165, 1.54) is 0 Å². The Morgan fingerprint density at radius 1 is 1.35 bits per heavy atom. The number of fused-ring (bicyclic) bond motifs is 1. The Hall–Kier alpha value is -2.34. The van der Waals surface area contributed by atoms with Gasteiger partial charge in [0.2, 0.25) is 0 Å². The van der Waals surface area contributed by atoms with Crippen LogP contribution in [-0.4, -0.2) is 53.3 Å². The summed E-state index contributed by atoms with van der Waals surface area (Å²) in [6.07, 6.45) is 2.36. The van der Waals surface area contributed by atoms with Gasteiger partial charge in [0, 0.05) is 43.8 Å². The van der Waals surface area contributed by atoms with E-state index >= 15 is 0 Å². The van der Waals surface area contributed by atoms with Gasteiger partial charge in [0.25, 0.3) is 5.91 Å². The van der Waals surface area contributed by atoms with Gasteiger partial charge in [0.1, 0.15) is 0 Å². The molecule has 122 valence electrons. The van der Waals surface area contributed by atoms with E-state index in [-0.39, 0.29) is 12.5 Å². The zero-order valence-corrected chi connectivity index (χ0v) is 13.1. The number of amides is 1. The summed E-state index contributed by atoms with van der Waals surface area (Å²) in [6, 6.07) is 7.75. The molecule has 0 saturated carbocycles. The molecule has 0 bridgehead atoms. The van der Waals surface area contributed by atoms with Gasteiger partial charge in [-0.1, -0.05) is 18.2 Å². The molecule has 0 radical (unpaired) electrons. The highest BCUT2D eigenvalue weighted by Crippen LogP contribution is 2.25. The number of nitrogens with zero attached hydrogens (tertiary/aromatic N) is 2. The molecule has 1 saturated heterocycles. The Bertz CT molecular complexity index is 737.